The molecule has 2 rings (SSSR count). The average Bonchev–Trinajstić information content (AvgIpc) is 2.79. The van der Waals surface area contributed by atoms with Gasteiger partial charge >= 0.3 is 5.97 Å². The quantitative estimate of drug-likeness (QED) is 0.597. The Morgan fingerprint density at radius 3 is 2.79 bits per heavy atom. The lowest BCUT2D eigenvalue weighted by molar-refractivity contribution is -0.153. The maximum atomic E-state index is 12.6. The number of carbonyl (C=O) groups excluding carboxylic acids is 2. The van der Waals surface area contributed by atoms with Crippen LogP contribution in [0.2, 0.25) is 0 Å². The van der Waals surface area contributed by atoms with Crippen molar-refractivity contribution in [2.45, 2.75) is 25.8 Å². The van der Waals surface area contributed by atoms with E-state index in [2.05, 4.69) is 10.6 Å². The molecule has 2 aliphatic heterocycles. The fraction of sp³-hybridized carbons (Fsp3) is 0.750. The maximum absolute atomic E-state index is 12.6. The van der Waals surface area contributed by atoms with Gasteiger partial charge in [-0.05, 0) is 19.9 Å². The minimum absolute atomic E-state index is 0.126. The van der Waals surface area contributed by atoms with Gasteiger partial charge in [-0.1, -0.05) is 0 Å². The van der Waals surface area contributed by atoms with Gasteiger partial charge in [-0.3, -0.25) is 14.4 Å². The molecule has 19 heavy (non-hydrogen) atoms. The minimum atomic E-state index is -1.07. The van der Waals surface area contributed by atoms with Crippen LogP contribution < -0.4 is 10.6 Å². The van der Waals surface area contributed by atoms with Crippen molar-refractivity contribution in [3.05, 3.63) is 0 Å². The van der Waals surface area contributed by atoms with Crippen molar-refractivity contribution in [2.24, 2.45) is 5.41 Å². The average molecular weight is 269 g/mol. The zero-order valence-electron chi connectivity index (χ0n) is 10.9. The molecule has 2 heterocycles. The van der Waals surface area contributed by atoms with E-state index in [1.54, 1.807) is 0 Å². The summed E-state index contributed by atoms with van der Waals surface area (Å²) in [5.41, 5.74) is -0.533. The summed E-state index contributed by atoms with van der Waals surface area (Å²) in [6.07, 6.45) is 0.366. The Hall–Kier alpha value is -1.63. The minimum Gasteiger partial charge on any atom is -0.481 e. The van der Waals surface area contributed by atoms with E-state index in [1.807, 2.05) is 6.92 Å². The lowest BCUT2D eigenvalue weighted by Crippen LogP contribution is -2.60. The van der Waals surface area contributed by atoms with Gasteiger partial charge in [0, 0.05) is 19.6 Å². The summed E-state index contributed by atoms with van der Waals surface area (Å²) in [5.74, 6) is -1.58. The Morgan fingerprint density at radius 2 is 2.21 bits per heavy atom. The third kappa shape index (κ3) is 2.70. The molecule has 0 radical (unpaired) electrons. The Balaban J connectivity index is 2.17. The number of aliphatic carboxylic acids is 1. The lowest BCUT2D eigenvalue weighted by atomic mass is 9.87. The molecule has 0 bridgehead atoms. The second kappa shape index (κ2) is 5.16. The number of carboxylic acids is 1. The van der Waals surface area contributed by atoms with Gasteiger partial charge in [0.05, 0.1) is 11.8 Å². The van der Waals surface area contributed by atoms with Crippen LogP contribution in [0.1, 0.15) is 19.8 Å². The first-order chi connectivity index (χ1) is 8.94. The number of hydrogen-bond donors (Lipinski definition) is 3. The third-order valence-electron chi connectivity index (χ3n) is 3.84. The van der Waals surface area contributed by atoms with Crippen LogP contribution in [0, 0.1) is 5.41 Å². The first-order valence-electron chi connectivity index (χ1n) is 6.45. The number of amides is 2. The summed E-state index contributed by atoms with van der Waals surface area (Å²) in [4.78, 5) is 36.6. The van der Waals surface area contributed by atoms with Gasteiger partial charge in [-0.25, -0.2) is 0 Å². The van der Waals surface area contributed by atoms with E-state index in [9.17, 15) is 14.4 Å². The van der Waals surface area contributed by atoms with Crippen LogP contribution >= 0.6 is 0 Å². The van der Waals surface area contributed by atoms with Gasteiger partial charge in [-0.2, -0.15) is 0 Å². The Labute approximate surface area is 111 Å². The van der Waals surface area contributed by atoms with E-state index >= 15 is 0 Å². The van der Waals surface area contributed by atoms with E-state index in [4.69, 9.17) is 5.11 Å². The topological polar surface area (TPSA) is 98.7 Å². The summed E-state index contributed by atoms with van der Waals surface area (Å²) < 4.78 is 0. The van der Waals surface area contributed by atoms with Gasteiger partial charge in [0.25, 0.3) is 0 Å². The Morgan fingerprint density at radius 1 is 1.47 bits per heavy atom. The molecule has 2 unspecified atom stereocenters. The zero-order chi connectivity index (χ0) is 14.0. The fourth-order valence-electron chi connectivity index (χ4n) is 2.67. The van der Waals surface area contributed by atoms with Crippen molar-refractivity contribution in [2.75, 3.05) is 26.2 Å². The second-order valence-corrected chi connectivity index (χ2v) is 5.39. The number of piperazine rings is 1. The number of carboxylic acid groups (broad SMARTS) is 1. The molecule has 7 nitrogen and oxygen atoms in total. The monoisotopic (exact) mass is 269 g/mol. The van der Waals surface area contributed by atoms with Gasteiger partial charge < -0.3 is 20.6 Å². The van der Waals surface area contributed by atoms with E-state index in [1.165, 1.54) is 4.90 Å². The number of hydrogen-bond acceptors (Lipinski definition) is 4. The van der Waals surface area contributed by atoms with Crippen LogP contribution in [0.15, 0.2) is 0 Å². The molecule has 0 aliphatic carbocycles. The summed E-state index contributed by atoms with van der Waals surface area (Å²) >= 11 is 0. The predicted molar refractivity (Wildman–Crippen MR) is 66.4 cm³/mol. The first kappa shape index (κ1) is 13.8. The highest BCUT2D eigenvalue weighted by Crippen LogP contribution is 2.29. The van der Waals surface area contributed by atoms with Crippen molar-refractivity contribution >= 4 is 17.8 Å². The van der Waals surface area contributed by atoms with Crippen LogP contribution in [0.4, 0.5) is 0 Å². The molecule has 2 atom stereocenters. The SMILES string of the molecule is CC1(C(=O)N2CCNC(=O)C2CC(=O)O)CCNC1. The molecular weight excluding hydrogens is 250 g/mol. The van der Waals surface area contributed by atoms with Crippen molar-refractivity contribution in [1.82, 2.24) is 15.5 Å². The van der Waals surface area contributed by atoms with E-state index < -0.39 is 17.4 Å². The molecule has 3 N–H and O–H groups in total. The molecule has 106 valence electrons. The summed E-state index contributed by atoms with van der Waals surface area (Å²) in [6.45, 7) is 3.96. The number of rotatable bonds is 3. The Kier molecular flexibility index (Phi) is 3.75. The predicted octanol–water partition coefficient (Wildman–Crippen LogP) is -1.21. The highest BCUT2D eigenvalue weighted by Gasteiger charge is 2.44. The largest absolute Gasteiger partial charge is 0.481 e. The number of carbonyl (C=O) groups is 3. The smallest absolute Gasteiger partial charge is 0.305 e. The van der Waals surface area contributed by atoms with Crippen LogP contribution in [0.3, 0.4) is 0 Å². The van der Waals surface area contributed by atoms with E-state index in [-0.39, 0.29) is 18.2 Å². The molecule has 0 aromatic heterocycles. The van der Waals surface area contributed by atoms with Gasteiger partial charge in [0.1, 0.15) is 6.04 Å². The Bertz CT molecular complexity index is 404. The normalized spacial score (nSPS) is 31.1. The van der Waals surface area contributed by atoms with Crippen molar-refractivity contribution < 1.29 is 19.5 Å². The third-order valence-corrected chi connectivity index (χ3v) is 3.84. The zero-order valence-corrected chi connectivity index (χ0v) is 10.9. The number of nitrogens with zero attached hydrogens (tertiary/aromatic N) is 1. The van der Waals surface area contributed by atoms with E-state index in [0.29, 0.717) is 26.1 Å². The highest BCUT2D eigenvalue weighted by atomic mass is 16.4. The molecule has 2 saturated heterocycles. The van der Waals surface area contributed by atoms with Crippen LogP contribution in [-0.4, -0.2) is 60.0 Å². The summed E-state index contributed by atoms with van der Waals surface area (Å²) in [5, 5.41) is 14.6. The standard InChI is InChI=1S/C12H19N3O4/c1-12(2-3-13-7-12)11(19)15-5-4-14-10(18)8(15)6-9(16)17/h8,13H,2-7H2,1H3,(H,14,18)(H,16,17). The van der Waals surface area contributed by atoms with Crippen LogP contribution in [0.25, 0.3) is 0 Å². The molecule has 0 saturated carbocycles. The molecule has 2 amide bonds. The fourth-order valence-corrected chi connectivity index (χ4v) is 2.67. The van der Waals surface area contributed by atoms with Gasteiger partial charge in [-0.15, -0.1) is 0 Å². The maximum Gasteiger partial charge on any atom is 0.305 e. The van der Waals surface area contributed by atoms with Crippen molar-refractivity contribution in [1.29, 1.82) is 0 Å². The second-order valence-electron chi connectivity index (χ2n) is 5.39. The first-order valence-corrected chi connectivity index (χ1v) is 6.45. The number of nitrogens with one attached hydrogen (secondary N) is 2. The van der Waals surface area contributed by atoms with Crippen LogP contribution in [0.5, 0.6) is 0 Å². The lowest BCUT2D eigenvalue weighted by Gasteiger charge is -2.38. The molecule has 0 aromatic rings. The van der Waals surface area contributed by atoms with Crippen molar-refractivity contribution in [3.8, 4) is 0 Å². The van der Waals surface area contributed by atoms with Gasteiger partial charge in [0.2, 0.25) is 11.8 Å². The molecule has 7 heteroatoms. The van der Waals surface area contributed by atoms with Crippen LogP contribution in [-0.2, 0) is 14.4 Å². The summed E-state index contributed by atoms with van der Waals surface area (Å²) in [7, 11) is 0. The van der Waals surface area contributed by atoms with Gasteiger partial charge in [0.15, 0.2) is 0 Å². The van der Waals surface area contributed by atoms with Crippen molar-refractivity contribution in [3.63, 3.8) is 0 Å². The van der Waals surface area contributed by atoms with E-state index in [0.717, 1.165) is 6.54 Å². The molecule has 2 fully saturated rings. The molecular formula is C12H19N3O4. The molecule has 0 spiro atoms. The summed E-state index contributed by atoms with van der Waals surface area (Å²) in [6, 6.07) is -0.892. The highest BCUT2D eigenvalue weighted by molar-refractivity contribution is 5.93. The molecule has 2 aliphatic rings. The molecule has 0 aromatic carbocycles.